The molecule has 0 saturated carbocycles. The average Bonchev–Trinajstić information content (AvgIpc) is 2.53. The summed E-state index contributed by atoms with van der Waals surface area (Å²) >= 11 is 0. The molecule has 4 nitrogen and oxygen atoms in total. The van der Waals surface area contributed by atoms with Gasteiger partial charge >= 0.3 is 0 Å². The molecule has 0 fully saturated rings. The number of rotatable bonds is 2. The number of ether oxygens (including phenoxy) is 1. The predicted molar refractivity (Wildman–Crippen MR) is 83.8 cm³/mol. The molecule has 0 unspecified atom stereocenters. The fraction of sp³-hybridized carbons (Fsp3) is 0.118. The Morgan fingerprint density at radius 2 is 1.73 bits per heavy atom. The number of ketones is 1. The molecule has 0 spiro atoms. The molecule has 3 rings (SSSR count). The van der Waals surface area contributed by atoms with E-state index in [4.69, 9.17) is 4.74 Å². The molecule has 2 aromatic carbocycles. The highest BCUT2D eigenvalue weighted by atomic mass is 32.2. The number of carbonyl (C=O) groups excluding carboxylic acids is 1. The molecule has 22 heavy (non-hydrogen) atoms. The van der Waals surface area contributed by atoms with Crippen molar-refractivity contribution in [3.63, 3.8) is 0 Å². The number of Topliss-reactive ketones (excluding diaryl/α,β-unsaturated/α-hetero) is 1. The van der Waals surface area contributed by atoms with E-state index in [1.165, 1.54) is 6.07 Å². The van der Waals surface area contributed by atoms with Crippen LogP contribution in [-0.4, -0.2) is 27.1 Å². The van der Waals surface area contributed by atoms with Crippen molar-refractivity contribution < 1.29 is 17.9 Å². The van der Waals surface area contributed by atoms with Crippen molar-refractivity contribution in [1.82, 2.24) is 0 Å². The highest BCUT2D eigenvalue weighted by Crippen LogP contribution is 2.29. The van der Waals surface area contributed by atoms with E-state index >= 15 is 0 Å². The molecular weight excluding hydrogens is 300 g/mol. The summed E-state index contributed by atoms with van der Waals surface area (Å²) in [5, 5.41) is 0. The molecule has 0 aliphatic carbocycles. The van der Waals surface area contributed by atoms with Crippen molar-refractivity contribution in [2.45, 2.75) is 4.90 Å². The van der Waals surface area contributed by atoms with Crippen molar-refractivity contribution >= 4 is 21.7 Å². The molecule has 0 N–H and O–H groups in total. The molecule has 0 aromatic heterocycles. The average molecular weight is 314 g/mol. The third-order valence-corrected chi connectivity index (χ3v) is 5.28. The van der Waals surface area contributed by atoms with Gasteiger partial charge < -0.3 is 4.74 Å². The van der Waals surface area contributed by atoms with Crippen LogP contribution in [0.4, 0.5) is 0 Å². The summed E-state index contributed by atoms with van der Waals surface area (Å²) in [6.07, 6.45) is 1.62. The van der Waals surface area contributed by atoms with Crippen LogP contribution >= 0.6 is 0 Å². The number of hydrogen-bond acceptors (Lipinski definition) is 4. The SMILES string of the molecule is COc1ccc(/C=C2\CS(=O)(=O)c3ccccc3C2=O)cc1. The molecule has 2 aromatic rings. The van der Waals surface area contributed by atoms with Crippen LogP contribution in [0.15, 0.2) is 59.0 Å². The van der Waals surface area contributed by atoms with E-state index in [0.717, 1.165) is 5.56 Å². The number of sulfone groups is 1. The highest BCUT2D eigenvalue weighted by molar-refractivity contribution is 7.91. The Balaban J connectivity index is 2.06. The summed E-state index contributed by atoms with van der Waals surface area (Å²) in [5.41, 5.74) is 1.29. The molecule has 1 heterocycles. The lowest BCUT2D eigenvalue weighted by Gasteiger charge is -2.17. The molecule has 5 heteroatoms. The van der Waals surface area contributed by atoms with Crippen LogP contribution in [0, 0.1) is 0 Å². The van der Waals surface area contributed by atoms with Gasteiger partial charge in [-0.05, 0) is 35.9 Å². The standard InChI is InChI=1S/C17H14O4S/c1-21-14-8-6-12(7-9-14)10-13-11-22(19,20)16-5-3-2-4-15(16)17(13)18/h2-10H,11H2,1H3/b13-10+. The van der Waals surface area contributed by atoms with Gasteiger partial charge in [-0.1, -0.05) is 24.3 Å². The molecular formula is C17H14O4S. The summed E-state index contributed by atoms with van der Waals surface area (Å²) in [5.74, 6) is 0.200. The number of methoxy groups -OCH3 is 1. The zero-order valence-electron chi connectivity index (χ0n) is 11.9. The minimum Gasteiger partial charge on any atom is -0.497 e. The molecule has 1 aliphatic heterocycles. The van der Waals surface area contributed by atoms with Crippen LogP contribution in [0.1, 0.15) is 15.9 Å². The summed E-state index contributed by atoms with van der Waals surface area (Å²) in [6, 6.07) is 13.4. The molecule has 112 valence electrons. The van der Waals surface area contributed by atoms with Gasteiger partial charge in [0.25, 0.3) is 0 Å². The van der Waals surface area contributed by atoms with E-state index in [1.807, 2.05) is 0 Å². The van der Waals surface area contributed by atoms with Gasteiger partial charge in [-0.2, -0.15) is 0 Å². The van der Waals surface area contributed by atoms with Crippen LogP contribution in [0.5, 0.6) is 5.75 Å². The van der Waals surface area contributed by atoms with E-state index in [9.17, 15) is 13.2 Å². The van der Waals surface area contributed by atoms with Gasteiger partial charge in [-0.3, -0.25) is 4.79 Å². The second kappa shape index (κ2) is 5.42. The molecule has 0 saturated heterocycles. The van der Waals surface area contributed by atoms with Gasteiger partial charge in [0.05, 0.1) is 17.8 Å². The first-order chi connectivity index (χ1) is 10.5. The highest BCUT2D eigenvalue weighted by Gasteiger charge is 2.32. The van der Waals surface area contributed by atoms with E-state index in [2.05, 4.69) is 0 Å². The maximum atomic E-state index is 12.5. The number of carbonyl (C=O) groups is 1. The summed E-state index contributed by atoms with van der Waals surface area (Å²) in [6.45, 7) is 0. The van der Waals surface area contributed by atoms with Gasteiger partial charge in [-0.15, -0.1) is 0 Å². The monoisotopic (exact) mass is 314 g/mol. The van der Waals surface area contributed by atoms with Crippen LogP contribution in [-0.2, 0) is 9.84 Å². The Morgan fingerprint density at radius 3 is 2.41 bits per heavy atom. The van der Waals surface area contributed by atoms with Crippen molar-refractivity contribution in [2.75, 3.05) is 12.9 Å². The first-order valence-electron chi connectivity index (χ1n) is 6.72. The number of hydrogen-bond donors (Lipinski definition) is 0. The minimum absolute atomic E-state index is 0.117. The van der Waals surface area contributed by atoms with Crippen LogP contribution in [0.25, 0.3) is 6.08 Å². The summed E-state index contributed by atoms with van der Waals surface area (Å²) < 4.78 is 29.7. The van der Waals surface area contributed by atoms with Gasteiger partial charge in [0.1, 0.15) is 5.75 Å². The largest absolute Gasteiger partial charge is 0.497 e. The number of benzene rings is 2. The molecule has 0 radical (unpaired) electrons. The smallest absolute Gasteiger partial charge is 0.191 e. The van der Waals surface area contributed by atoms with Gasteiger partial charge in [0.2, 0.25) is 0 Å². The summed E-state index contributed by atoms with van der Waals surface area (Å²) in [7, 11) is -1.90. The predicted octanol–water partition coefficient (Wildman–Crippen LogP) is 2.75. The molecule has 0 bridgehead atoms. The molecule has 0 amide bonds. The van der Waals surface area contributed by atoms with E-state index in [-0.39, 0.29) is 27.6 Å². The maximum absolute atomic E-state index is 12.5. The van der Waals surface area contributed by atoms with E-state index in [0.29, 0.717) is 5.75 Å². The van der Waals surface area contributed by atoms with Crippen molar-refractivity contribution in [2.24, 2.45) is 0 Å². The topological polar surface area (TPSA) is 60.4 Å². The van der Waals surface area contributed by atoms with Gasteiger partial charge in [-0.25, -0.2) is 8.42 Å². The Bertz CT molecular complexity index is 862. The van der Waals surface area contributed by atoms with Gasteiger partial charge in [0.15, 0.2) is 15.6 Å². The third kappa shape index (κ3) is 2.55. The lowest BCUT2D eigenvalue weighted by Crippen LogP contribution is -2.24. The minimum atomic E-state index is -3.47. The van der Waals surface area contributed by atoms with Crippen LogP contribution < -0.4 is 4.74 Å². The summed E-state index contributed by atoms with van der Waals surface area (Å²) in [4.78, 5) is 12.6. The maximum Gasteiger partial charge on any atom is 0.191 e. The first-order valence-corrected chi connectivity index (χ1v) is 8.37. The first kappa shape index (κ1) is 14.5. The Kier molecular flexibility index (Phi) is 3.58. The Hall–Kier alpha value is -2.40. The van der Waals surface area contributed by atoms with E-state index < -0.39 is 9.84 Å². The zero-order chi connectivity index (χ0) is 15.7. The van der Waals surface area contributed by atoms with Crippen molar-refractivity contribution in [1.29, 1.82) is 0 Å². The normalized spacial score (nSPS) is 18.0. The Labute approximate surface area is 129 Å². The fourth-order valence-corrected chi connectivity index (χ4v) is 4.02. The van der Waals surface area contributed by atoms with Crippen molar-refractivity contribution in [3.8, 4) is 5.75 Å². The second-order valence-electron chi connectivity index (χ2n) is 5.03. The number of fused-ring (bicyclic) bond motifs is 1. The van der Waals surface area contributed by atoms with Crippen molar-refractivity contribution in [3.05, 3.63) is 65.2 Å². The lowest BCUT2D eigenvalue weighted by atomic mass is 10.0. The fourth-order valence-electron chi connectivity index (χ4n) is 2.45. The zero-order valence-corrected chi connectivity index (χ0v) is 12.8. The van der Waals surface area contributed by atoms with E-state index in [1.54, 1.807) is 55.7 Å². The van der Waals surface area contributed by atoms with Crippen LogP contribution in [0.2, 0.25) is 0 Å². The second-order valence-corrected chi connectivity index (χ2v) is 6.99. The Morgan fingerprint density at radius 1 is 1.05 bits per heavy atom. The molecule has 0 atom stereocenters. The third-order valence-electron chi connectivity index (χ3n) is 3.56. The van der Waals surface area contributed by atoms with Gasteiger partial charge in [0, 0.05) is 11.1 Å². The molecule has 1 aliphatic rings. The quantitative estimate of drug-likeness (QED) is 0.800. The lowest BCUT2D eigenvalue weighted by molar-refractivity contribution is 0.103. The van der Waals surface area contributed by atoms with Crippen LogP contribution in [0.3, 0.4) is 0 Å².